The van der Waals surface area contributed by atoms with E-state index in [2.05, 4.69) is 62.2 Å². The van der Waals surface area contributed by atoms with E-state index < -0.39 is 0 Å². The second kappa shape index (κ2) is 7.22. The molecule has 0 amide bonds. The number of ether oxygens (including phenoxy) is 1. The molecule has 0 aliphatic rings. The molecular weight excluding hydrogens is 258 g/mol. The van der Waals surface area contributed by atoms with Crippen LogP contribution in [0, 0.1) is 0 Å². The van der Waals surface area contributed by atoms with Crippen LogP contribution < -0.4 is 10.2 Å². The molecule has 110 valence electrons. The monoisotopic (exact) mass is 285 g/mol. The molecule has 1 aromatic heterocycles. The van der Waals surface area contributed by atoms with Crippen molar-refractivity contribution in [2.75, 3.05) is 25.1 Å². The summed E-state index contributed by atoms with van der Waals surface area (Å²) in [5.74, 6) is 0. The van der Waals surface area contributed by atoms with Gasteiger partial charge in [-0.05, 0) is 34.6 Å². The maximum atomic E-state index is 5.56. The first-order valence-electron chi connectivity index (χ1n) is 6.80. The fourth-order valence-electron chi connectivity index (χ4n) is 1.43. The summed E-state index contributed by atoms with van der Waals surface area (Å²) in [5.41, 5.74) is 1.23. The minimum atomic E-state index is 0.126. The molecule has 5 heteroatoms. The highest BCUT2D eigenvalue weighted by atomic mass is 32.1. The predicted molar refractivity (Wildman–Crippen MR) is 83.1 cm³/mol. The van der Waals surface area contributed by atoms with E-state index in [0.29, 0.717) is 0 Å². The molecule has 0 spiro atoms. The molecule has 1 aromatic rings. The van der Waals surface area contributed by atoms with Gasteiger partial charge in [-0.2, -0.15) is 0 Å². The molecule has 0 unspecified atom stereocenters. The molecule has 4 nitrogen and oxygen atoms in total. The summed E-state index contributed by atoms with van der Waals surface area (Å²) >= 11 is 1.69. The van der Waals surface area contributed by atoms with Gasteiger partial charge in [-0.15, -0.1) is 11.3 Å². The standard InChI is InChI=1S/C14H27N3OS/c1-11(2)18-8-7-17(6)13-16-12(10-19-13)9-15-14(3,4)5/h10-11,15H,7-9H2,1-6H3. The van der Waals surface area contributed by atoms with Crippen molar-refractivity contribution in [1.29, 1.82) is 0 Å². The van der Waals surface area contributed by atoms with E-state index in [9.17, 15) is 0 Å². The first-order chi connectivity index (χ1) is 8.78. The van der Waals surface area contributed by atoms with Crippen molar-refractivity contribution in [3.8, 4) is 0 Å². The Balaban J connectivity index is 2.40. The van der Waals surface area contributed by atoms with Crippen LogP contribution in [0.4, 0.5) is 5.13 Å². The zero-order chi connectivity index (χ0) is 14.5. The molecular formula is C14H27N3OS. The third-order valence-corrected chi connectivity index (χ3v) is 3.55. The molecule has 1 rings (SSSR count). The summed E-state index contributed by atoms with van der Waals surface area (Å²) in [7, 11) is 2.06. The van der Waals surface area contributed by atoms with Crippen molar-refractivity contribution in [3.63, 3.8) is 0 Å². The van der Waals surface area contributed by atoms with Gasteiger partial charge in [0.05, 0.1) is 18.4 Å². The highest BCUT2D eigenvalue weighted by Crippen LogP contribution is 2.19. The molecule has 0 saturated carbocycles. The molecule has 0 atom stereocenters. The molecule has 19 heavy (non-hydrogen) atoms. The normalized spacial score (nSPS) is 12.2. The lowest BCUT2D eigenvalue weighted by Gasteiger charge is -2.19. The number of nitrogens with one attached hydrogen (secondary N) is 1. The van der Waals surface area contributed by atoms with Crippen LogP contribution in [0.15, 0.2) is 5.38 Å². The van der Waals surface area contributed by atoms with Crippen LogP contribution in [0.5, 0.6) is 0 Å². The molecule has 0 radical (unpaired) electrons. The fraction of sp³-hybridized carbons (Fsp3) is 0.786. The van der Waals surface area contributed by atoms with Crippen LogP contribution in [-0.4, -0.2) is 36.8 Å². The van der Waals surface area contributed by atoms with Gasteiger partial charge >= 0.3 is 0 Å². The second-order valence-corrected chi connectivity index (χ2v) is 6.90. The van der Waals surface area contributed by atoms with Crippen molar-refractivity contribution in [3.05, 3.63) is 11.1 Å². The fourth-order valence-corrected chi connectivity index (χ4v) is 2.25. The number of aromatic nitrogens is 1. The van der Waals surface area contributed by atoms with Gasteiger partial charge in [0.2, 0.25) is 0 Å². The largest absolute Gasteiger partial charge is 0.377 e. The quantitative estimate of drug-likeness (QED) is 0.836. The Morgan fingerprint density at radius 1 is 1.42 bits per heavy atom. The van der Waals surface area contributed by atoms with E-state index in [0.717, 1.165) is 30.5 Å². The lowest BCUT2D eigenvalue weighted by Crippen LogP contribution is -2.35. The van der Waals surface area contributed by atoms with E-state index in [1.807, 2.05) is 0 Å². The van der Waals surface area contributed by atoms with Crippen LogP contribution >= 0.6 is 11.3 Å². The maximum Gasteiger partial charge on any atom is 0.185 e. The van der Waals surface area contributed by atoms with Crippen LogP contribution in [-0.2, 0) is 11.3 Å². The zero-order valence-electron chi connectivity index (χ0n) is 13.0. The van der Waals surface area contributed by atoms with Crippen molar-refractivity contribution >= 4 is 16.5 Å². The number of rotatable bonds is 7. The van der Waals surface area contributed by atoms with Crippen LogP contribution in [0.3, 0.4) is 0 Å². The SMILES string of the molecule is CC(C)OCCN(C)c1nc(CNC(C)(C)C)cs1. The first kappa shape index (κ1) is 16.4. The van der Waals surface area contributed by atoms with Gasteiger partial charge in [0, 0.05) is 31.1 Å². The van der Waals surface area contributed by atoms with Crippen molar-refractivity contribution in [1.82, 2.24) is 10.3 Å². The number of anilines is 1. The molecule has 0 aliphatic heterocycles. The molecule has 1 N–H and O–H groups in total. The van der Waals surface area contributed by atoms with Crippen LogP contribution in [0.25, 0.3) is 0 Å². The highest BCUT2D eigenvalue weighted by Gasteiger charge is 2.11. The molecule has 1 heterocycles. The summed E-state index contributed by atoms with van der Waals surface area (Å²) in [6.07, 6.45) is 0.288. The van der Waals surface area contributed by atoms with Crippen LogP contribution in [0.2, 0.25) is 0 Å². The van der Waals surface area contributed by atoms with E-state index in [1.54, 1.807) is 11.3 Å². The number of likely N-dealkylation sites (N-methyl/N-ethyl adjacent to an activating group) is 1. The molecule has 0 aromatic carbocycles. The molecule has 0 bridgehead atoms. The van der Waals surface area contributed by atoms with E-state index in [-0.39, 0.29) is 11.6 Å². The minimum absolute atomic E-state index is 0.126. The van der Waals surface area contributed by atoms with E-state index >= 15 is 0 Å². The van der Waals surface area contributed by atoms with Crippen molar-refractivity contribution < 1.29 is 4.74 Å². The average Bonchev–Trinajstić information content (AvgIpc) is 2.73. The number of nitrogens with zero attached hydrogens (tertiary/aromatic N) is 2. The Kier molecular flexibility index (Phi) is 6.23. The predicted octanol–water partition coefficient (Wildman–Crippen LogP) is 2.89. The van der Waals surface area contributed by atoms with Gasteiger partial charge in [-0.3, -0.25) is 0 Å². The Morgan fingerprint density at radius 3 is 2.68 bits per heavy atom. The van der Waals surface area contributed by atoms with Gasteiger partial charge in [0.15, 0.2) is 5.13 Å². The Bertz CT molecular complexity index is 371. The Hall–Kier alpha value is -0.650. The third-order valence-electron chi connectivity index (χ3n) is 2.54. The Labute approximate surface area is 121 Å². The third kappa shape index (κ3) is 6.89. The summed E-state index contributed by atoms with van der Waals surface area (Å²) in [4.78, 5) is 6.78. The topological polar surface area (TPSA) is 37.4 Å². The number of thiazole rings is 1. The van der Waals surface area contributed by atoms with Gasteiger partial charge in [-0.1, -0.05) is 0 Å². The van der Waals surface area contributed by atoms with Gasteiger partial charge in [0.1, 0.15) is 0 Å². The lowest BCUT2D eigenvalue weighted by atomic mass is 10.1. The molecule has 0 aliphatic carbocycles. The maximum absolute atomic E-state index is 5.56. The second-order valence-electron chi connectivity index (χ2n) is 6.07. The van der Waals surface area contributed by atoms with E-state index in [1.165, 1.54) is 0 Å². The summed E-state index contributed by atoms with van der Waals surface area (Å²) < 4.78 is 5.56. The highest BCUT2D eigenvalue weighted by molar-refractivity contribution is 7.13. The van der Waals surface area contributed by atoms with Crippen molar-refractivity contribution in [2.45, 2.75) is 52.8 Å². The molecule has 0 saturated heterocycles. The molecule has 0 fully saturated rings. The van der Waals surface area contributed by atoms with E-state index in [4.69, 9.17) is 4.74 Å². The van der Waals surface area contributed by atoms with Gasteiger partial charge < -0.3 is 15.0 Å². The summed E-state index contributed by atoms with van der Waals surface area (Å²) in [6, 6.07) is 0. The Morgan fingerprint density at radius 2 is 2.11 bits per heavy atom. The zero-order valence-corrected chi connectivity index (χ0v) is 13.8. The smallest absolute Gasteiger partial charge is 0.185 e. The summed E-state index contributed by atoms with van der Waals surface area (Å²) in [6.45, 7) is 13.0. The minimum Gasteiger partial charge on any atom is -0.377 e. The summed E-state index contributed by atoms with van der Waals surface area (Å²) in [5, 5.41) is 6.62. The average molecular weight is 285 g/mol. The number of hydrogen-bond acceptors (Lipinski definition) is 5. The van der Waals surface area contributed by atoms with Crippen LogP contribution in [0.1, 0.15) is 40.3 Å². The first-order valence-corrected chi connectivity index (χ1v) is 7.68. The number of hydrogen-bond donors (Lipinski definition) is 1. The van der Waals surface area contributed by atoms with Crippen molar-refractivity contribution in [2.24, 2.45) is 0 Å². The van der Waals surface area contributed by atoms with Gasteiger partial charge in [-0.25, -0.2) is 4.98 Å². The lowest BCUT2D eigenvalue weighted by molar-refractivity contribution is 0.0846. The van der Waals surface area contributed by atoms with Gasteiger partial charge in [0.25, 0.3) is 0 Å².